The maximum Gasteiger partial charge on any atom is 0.305 e. The number of imide groups is 1. The maximum atomic E-state index is 12.2. The van der Waals surface area contributed by atoms with Gasteiger partial charge in [0.25, 0.3) is 11.8 Å². The zero-order chi connectivity index (χ0) is 20.6. The third-order valence-corrected chi connectivity index (χ3v) is 4.52. The third kappa shape index (κ3) is 4.93. The molecule has 0 radical (unpaired) electrons. The van der Waals surface area contributed by atoms with Crippen LogP contribution in [0.1, 0.15) is 40.0 Å². The number of esters is 1. The predicted octanol–water partition coefficient (Wildman–Crippen LogP) is 3.08. The number of para-hydroxylation sites is 2. The van der Waals surface area contributed by atoms with E-state index in [9.17, 15) is 14.4 Å². The molecule has 1 heterocycles. The fourth-order valence-corrected chi connectivity index (χ4v) is 3.06. The van der Waals surface area contributed by atoms with Crippen LogP contribution in [0.25, 0.3) is 0 Å². The summed E-state index contributed by atoms with van der Waals surface area (Å²) in [5.74, 6) is 0.333. The Balaban J connectivity index is 1.32. The van der Waals surface area contributed by atoms with Crippen molar-refractivity contribution in [2.24, 2.45) is 0 Å². The van der Waals surface area contributed by atoms with Crippen molar-refractivity contribution in [3.05, 3.63) is 59.7 Å². The number of hydrogen-bond acceptors (Lipinski definition) is 6. The molecule has 0 saturated carbocycles. The van der Waals surface area contributed by atoms with Crippen molar-refractivity contribution in [2.45, 2.75) is 19.3 Å². The molecule has 7 heteroatoms. The molecule has 2 aromatic carbocycles. The number of carbonyl (C=O) groups is 3. The van der Waals surface area contributed by atoms with Gasteiger partial charge in [-0.25, -0.2) is 0 Å². The molecule has 0 unspecified atom stereocenters. The lowest BCUT2D eigenvalue weighted by Crippen LogP contribution is -2.31. The third-order valence-electron chi connectivity index (χ3n) is 4.52. The van der Waals surface area contributed by atoms with E-state index in [0.717, 1.165) is 0 Å². The van der Waals surface area contributed by atoms with E-state index in [1.54, 1.807) is 43.5 Å². The molecule has 0 aliphatic carbocycles. The molecule has 0 N–H and O–H groups in total. The first-order valence-electron chi connectivity index (χ1n) is 9.48. The van der Waals surface area contributed by atoms with Crippen molar-refractivity contribution < 1.29 is 28.6 Å². The van der Waals surface area contributed by atoms with Gasteiger partial charge in [0, 0.05) is 13.0 Å². The molecule has 0 bridgehead atoms. The molecule has 152 valence electrons. The zero-order valence-corrected chi connectivity index (χ0v) is 16.3. The summed E-state index contributed by atoms with van der Waals surface area (Å²) in [6.45, 7) is 0.737. The van der Waals surface area contributed by atoms with Crippen molar-refractivity contribution in [1.82, 2.24) is 4.90 Å². The monoisotopic (exact) mass is 397 g/mol. The van der Waals surface area contributed by atoms with Gasteiger partial charge in [-0.1, -0.05) is 24.3 Å². The molecular formula is C22H23NO6. The molecule has 29 heavy (non-hydrogen) atoms. The topological polar surface area (TPSA) is 82.1 Å². The number of amides is 2. The van der Waals surface area contributed by atoms with Crippen LogP contribution >= 0.6 is 0 Å². The first-order chi connectivity index (χ1) is 14.1. The van der Waals surface area contributed by atoms with E-state index in [0.29, 0.717) is 42.1 Å². The fraction of sp³-hybridized carbons (Fsp3) is 0.318. The number of ether oxygens (including phenoxy) is 3. The van der Waals surface area contributed by atoms with Crippen molar-refractivity contribution in [1.29, 1.82) is 0 Å². The van der Waals surface area contributed by atoms with Crippen LogP contribution in [-0.2, 0) is 9.53 Å². The highest BCUT2D eigenvalue weighted by atomic mass is 16.5. The van der Waals surface area contributed by atoms with E-state index in [1.165, 1.54) is 4.90 Å². The Hall–Kier alpha value is -3.35. The summed E-state index contributed by atoms with van der Waals surface area (Å²) >= 11 is 0. The van der Waals surface area contributed by atoms with E-state index in [2.05, 4.69) is 0 Å². The van der Waals surface area contributed by atoms with Gasteiger partial charge >= 0.3 is 5.97 Å². The number of hydrogen-bond donors (Lipinski definition) is 0. The second kappa shape index (κ2) is 9.73. The molecule has 0 aromatic heterocycles. The SMILES string of the molecule is COc1ccccc1OCCCC(=O)OCCCN1C(=O)c2ccccc2C1=O. The Morgan fingerprint density at radius 3 is 2.14 bits per heavy atom. The van der Waals surface area contributed by atoms with Gasteiger partial charge in [0.2, 0.25) is 0 Å². The quantitative estimate of drug-likeness (QED) is 0.348. The Morgan fingerprint density at radius 2 is 1.48 bits per heavy atom. The summed E-state index contributed by atoms with van der Waals surface area (Å²) in [5, 5.41) is 0. The van der Waals surface area contributed by atoms with Crippen LogP contribution in [0.2, 0.25) is 0 Å². The maximum absolute atomic E-state index is 12.2. The Bertz CT molecular complexity index is 859. The van der Waals surface area contributed by atoms with Crippen LogP contribution in [0.3, 0.4) is 0 Å². The lowest BCUT2D eigenvalue weighted by Gasteiger charge is -2.13. The smallest absolute Gasteiger partial charge is 0.305 e. The van der Waals surface area contributed by atoms with E-state index < -0.39 is 0 Å². The Morgan fingerprint density at radius 1 is 0.862 bits per heavy atom. The molecule has 0 atom stereocenters. The number of benzene rings is 2. The van der Waals surface area contributed by atoms with Crippen LogP contribution in [0.15, 0.2) is 48.5 Å². The van der Waals surface area contributed by atoms with Crippen LogP contribution in [-0.4, -0.2) is 49.6 Å². The summed E-state index contributed by atoms with van der Waals surface area (Å²) in [4.78, 5) is 37.5. The van der Waals surface area contributed by atoms with E-state index in [1.807, 2.05) is 12.1 Å². The van der Waals surface area contributed by atoms with E-state index in [-0.39, 0.29) is 37.4 Å². The van der Waals surface area contributed by atoms with Crippen LogP contribution < -0.4 is 9.47 Å². The highest BCUT2D eigenvalue weighted by Gasteiger charge is 2.34. The summed E-state index contributed by atoms with van der Waals surface area (Å²) in [7, 11) is 1.57. The van der Waals surface area contributed by atoms with E-state index >= 15 is 0 Å². The second-order valence-electron chi connectivity index (χ2n) is 6.48. The van der Waals surface area contributed by atoms with Crippen molar-refractivity contribution in [2.75, 3.05) is 26.9 Å². The van der Waals surface area contributed by atoms with Gasteiger partial charge < -0.3 is 14.2 Å². The summed E-state index contributed by atoms with van der Waals surface area (Å²) < 4.78 is 16.0. The molecule has 0 spiro atoms. The average molecular weight is 397 g/mol. The molecule has 2 aromatic rings. The Kier molecular flexibility index (Phi) is 6.84. The van der Waals surface area contributed by atoms with Gasteiger partial charge in [-0.15, -0.1) is 0 Å². The van der Waals surface area contributed by atoms with Crippen LogP contribution in [0.5, 0.6) is 11.5 Å². The normalized spacial score (nSPS) is 12.7. The standard InChI is InChI=1S/C22H23NO6/c1-27-18-10-4-5-11-19(18)28-14-6-12-20(24)29-15-7-13-23-21(25)16-8-2-3-9-17(16)22(23)26/h2-5,8-11H,6-7,12-15H2,1H3. The van der Waals surface area contributed by atoms with Crippen LogP contribution in [0.4, 0.5) is 0 Å². The highest BCUT2D eigenvalue weighted by Crippen LogP contribution is 2.26. The predicted molar refractivity (Wildman–Crippen MR) is 105 cm³/mol. The minimum absolute atomic E-state index is 0.152. The summed E-state index contributed by atoms with van der Waals surface area (Å²) in [6, 6.07) is 14.0. The fourth-order valence-electron chi connectivity index (χ4n) is 3.06. The molecule has 7 nitrogen and oxygen atoms in total. The first kappa shape index (κ1) is 20.4. The minimum Gasteiger partial charge on any atom is -0.493 e. The molecular weight excluding hydrogens is 374 g/mol. The molecule has 1 aliphatic rings. The number of nitrogens with zero attached hydrogens (tertiary/aromatic N) is 1. The van der Waals surface area contributed by atoms with Crippen molar-refractivity contribution in [3.8, 4) is 11.5 Å². The van der Waals surface area contributed by atoms with Gasteiger partial charge in [-0.3, -0.25) is 19.3 Å². The molecule has 0 fully saturated rings. The summed E-state index contributed by atoms with van der Waals surface area (Å²) in [5.41, 5.74) is 0.842. The van der Waals surface area contributed by atoms with Gasteiger partial charge in [0.1, 0.15) is 0 Å². The van der Waals surface area contributed by atoms with Crippen molar-refractivity contribution >= 4 is 17.8 Å². The number of fused-ring (bicyclic) bond motifs is 1. The van der Waals surface area contributed by atoms with E-state index in [4.69, 9.17) is 14.2 Å². The van der Waals surface area contributed by atoms with Gasteiger partial charge in [0.15, 0.2) is 11.5 Å². The highest BCUT2D eigenvalue weighted by molar-refractivity contribution is 6.21. The summed E-state index contributed by atoms with van der Waals surface area (Å²) in [6.07, 6.45) is 1.13. The minimum atomic E-state index is -0.337. The second-order valence-corrected chi connectivity index (χ2v) is 6.48. The van der Waals surface area contributed by atoms with Gasteiger partial charge in [0.05, 0.1) is 31.5 Å². The average Bonchev–Trinajstić information content (AvgIpc) is 2.99. The lowest BCUT2D eigenvalue weighted by atomic mass is 10.1. The van der Waals surface area contributed by atoms with Gasteiger partial charge in [-0.05, 0) is 37.1 Å². The molecule has 2 amide bonds. The molecule has 3 rings (SSSR count). The molecule has 0 saturated heterocycles. The number of carbonyl (C=O) groups excluding carboxylic acids is 3. The number of rotatable bonds is 10. The zero-order valence-electron chi connectivity index (χ0n) is 16.3. The van der Waals surface area contributed by atoms with Crippen LogP contribution in [0, 0.1) is 0 Å². The van der Waals surface area contributed by atoms with Crippen molar-refractivity contribution in [3.63, 3.8) is 0 Å². The van der Waals surface area contributed by atoms with Gasteiger partial charge in [-0.2, -0.15) is 0 Å². The first-order valence-corrected chi connectivity index (χ1v) is 9.48. The largest absolute Gasteiger partial charge is 0.493 e. The lowest BCUT2D eigenvalue weighted by molar-refractivity contribution is -0.144. The molecule has 1 aliphatic heterocycles. The number of methoxy groups -OCH3 is 1. The Labute approximate surface area is 169 Å².